The third-order valence-electron chi connectivity index (χ3n) is 3.40. The number of aromatic nitrogens is 1. The van der Waals surface area contributed by atoms with Gasteiger partial charge in [-0.05, 0) is 24.0 Å². The topological polar surface area (TPSA) is 24.9 Å². The number of nitrogens with zero attached hydrogens (tertiary/aromatic N) is 1. The summed E-state index contributed by atoms with van der Waals surface area (Å²) in [5.74, 6) is -6.30. The second-order valence-corrected chi connectivity index (χ2v) is 4.71. The number of hydrogen-bond acceptors (Lipinski definition) is 2. The monoisotopic (exact) mass is 282 g/mol. The minimum atomic E-state index is -1.65. The van der Waals surface area contributed by atoms with E-state index >= 15 is 0 Å². The quantitative estimate of drug-likeness (QED) is 0.676. The van der Waals surface area contributed by atoms with Crippen LogP contribution in [0.1, 0.15) is 11.1 Å². The van der Waals surface area contributed by atoms with Crippen molar-refractivity contribution in [3.8, 4) is 0 Å². The first-order chi connectivity index (χ1) is 9.56. The van der Waals surface area contributed by atoms with Gasteiger partial charge >= 0.3 is 0 Å². The van der Waals surface area contributed by atoms with Crippen LogP contribution in [0.4, 0.5) is 23.2 Å². The van der Waals surface area contributed by atoms with Crippen molar-refractivity contribution < 1.29 is 17.6 Å². The number of pyridine rings is 1. The number of rotatable bonds is 2. The van der Waals surface area contributed by atoms with Gasteiger partial charge in [0, 0.05) is 6.04 Å². The van der Waals surface area contributed by atoms with Gasteiger partial charge in [0.15, 0.2) is 0 Å². The summed E-state index contributed by atoms with van der Waals surface area (Å²) in [5, 5.41) is 2.54. The Morgan fingerprint density at radius 3 is 1.90 bits per heavy atom. The summed E-state index contributed by atoms with van der Waals surface area (Å²) < 4.78 is 53.1. The lowest BCUT2D eigenvalue weighted by molar-refractivity contribution is 0.409. The molecule has 2 nitrogen and oxygen atoms in total. The molecule has 1 heterocycles. The Balaban J connectivity index is 1.87. The van der Waals surface area contributed by atoms with E-state index in [0.29, 0.717) is 12.8 Å². The molecule has 1 aromatic carbocycles. The van der Waals surface area contributed by atoms with Crippen LogP contribution in [0.2, 0.25) is 0 Å². The molecule has 0 aliphatic heterocycles. The van der Waals surface area contributed by atoms with E-state index in [0.717, 1.165) is 11.1 Å². The summed E-state index contributed by atoms with van der Waals surface area (Å²) >= 11 is 0. The minimum absolute atomic E-state index is 0.308. The van der Waals surface area contributed by atoms with E-state index in [-0.39, 0.29) is 6.04 Å². The minimum Gasteiger partial charge on any atom is -0.377 e. The lowest BCUT2D eigenvalue weighted by Gasteiger charge is -2.15. The summed E-state index contributed by atoms with van der Waals surface area (Å²) in [4.78, 5) is 2.52. The molecular formula is C14H10F4N2. The molecule has 0 atom stereocenters. The summed E-state index contributed by atoms with van der Waals surface area (Å²) in [6.07, 6.45) is 1.08. The van der Waals surface area contributed by atoms with Crippen LogP contribution in [0.3, 0.4) is 0 Å². The molecule has 0 fully saturated rings. The summed E-state index contributed by atoms with van der Waals surface area (Å²) in [6, 6.07) is 7.26. The van der Waals surface area contributed by atoms with Gasteiger partial charge in [-0.2, -0.15) is 22.5 Å². The average Bonchev–Trinajstić information content (AvgIpc) is 2.84. The van der Waals surface area contributed by atoms with Gasteiger partial charge in [0.25, 0.3) is 11.9 Å². The Bertz CT molecular complexity index is 621. The highest BCUT2D eigenvalue weighted by molar-refractivity contribution is 5.48. The maximum absolute atomic E-state index is 13.5. The zero-order valence-electron chi connectivity index (χ0n) is 10.3. The number of nitrogens with one attached hydrogen (secondary N) is 1. The van der Waals surface area contributed by atoms with E-state index in [9.17, 15) is 17.6 Å². The number of halogens is 4. The Hall–Kier alpha value is -2.11. The van der Waals surface area contributed by atoms with E-state index < -0.39 is 29.2 Å². The Morgan fingerprint density at radius 2 is 1.40 bits per heavy atom. The highest BCUT2D eigenvalue weighted by Crippen LogP contribution is 2.28. The summed E-state index contributed by atoms with van der Waals surface area (Å²) in [7, 11) is 0. The molecule has 6 heteroatoms. The van der Waals surface area contributed by atoms with Gasteiger partial charge in [0.2, 0.25) is 11.6 Å². The van der Waals surface area contributed by atoms with Gasteiger partial charge in [0.1, 0.15) is 5.69 Å². The molecular weight excluding hydrogens is 272 g/mol. The van der Waals surface area contributed by atoms with Crippen molar-refractivity contribution in [1.29, 1.82) is 0 Å². The summed E-state index contributed by atoms with van der Waals surface area (Å²) in [6.45, 7) is 0. The predicted octanol–water partition coefficient (Wildman–Crippen LogP) is 3.22. The normalized spacial score (nSPS) is 14.4. The van der Waals surface area contributed by atoms with Crippen LogP contribution in [-0.2, 0) is 12.8 Å². The first kappa shape index (κ1) is 12.9. The van der Waals surface area contributed by atoms with E-state index in [4.69, 9.17) is 0 Å². The smallest absolute Gasteiger partial charge is 0.253 e. The van der Waals surface area contributed by atoms with Crippen LogP contribution in [-0.4, -0.2) is 11.0 Å². The van der Waals surface area contributed by atoms with Gasteiger partial charge < -0.3 is 5.32 Å². The molecule has 0 spiro atoms. The number of benzene rings is 1. The Morgan fingerprint density at radius 1 is 0.900 bits per heavy atom. The molecule has 104 valence electrons. The molecule has 1 N–H and O–H groups in total. The standard InChI is InChI=1S/C14H10F4N2/c15-10-12(11(16)14(18)20-13(10)17)19-9-5-7-3-1-2-4-8(7)6-9/h1-4,9H,5-6H2,(H,19,20). The van der Waals surface area contributed by atoms with Crippen LogP contribution in [0.15, 0.2) is 24.3 Å². The molecule has 3 rings (SSSR count). The molecule has 0 saturated carbocycles. The molecule has 0 amide bonds. The van der Waals surface area contributed by atoms with Crippen molar-refractivity contribution in [3.05, 3.63) is 58.9 Å². The first-order valence-electron chi connectivity index (χ1n) is 6.09. The van der Waals surface area contributed by atoms with Crippen molar-refractivity contribution in [2.24, 2.45) is 0 Å². The lowest BCUT2D eigenvalue weighted by atomic mass is 10.1. The van der Waals surface area contributed by atoms with E-state index in [1.165, 1.54) is 0 Å². The molecule has 1 aromatic heterocycles. The van der Waals surface area contributed by atoms with Crippen LogP contribution in [0.5, 0.6) is 0 Å². The first-order valence-corrected chi connectivity index (χ1v) is 6.09. The molecule has 20 heavy (non-hydrogen) atoms. The molecule has 1 aliphatic rings. The van der Waals surface area contributed by atoms with Gasteiger partial charge in [0.05, 0.1) is 0 Å². The molecule has 2 aromatic rings. The maximum atomic E-state index is 13.5. The number of anilines is 1. The van der Waals surface area contributed by atoms with Crippen LogP contribution in [0.25, 0.3) is 0 Å². The fourth-order valence-corrected chi connectivity index (χ4v) is 2.48. The molecule has 0 radical (unpaired) electrons. The van der Waals surface area contributed by atoms with Crippen molar-refractivity contribution in [2.45, 2.75) is 18.9 Å². The van der Waals surface area contributed by atoms with E-state index in [1.807, 2.05) is 24.3 Å². The van der Waals surface area contributed by atoms with E-state index in [2.05, 4.69) is 10.3 Å². The zero-order chi connectivity index (χ0) is 14.3. The Kier molecular flexibility index (Phi) is 3.08. The van der Waals surface area contributed by atoms with Crippen LogP contribution < -0.4 is 5.32 Å². The molecule has 1 aliphatic carbocycles. The second-order valence-electron chi connectivity index (χ2n) is 4.71. The van der Waals surface area contributed by atoms with Crippen molar-refractivity contribution in [1.82, 2.24) is 4.98 Å². The highest BCUT2D eigenvalue weighted by Gasteiger charge is 2.26. The third kappa shape index (κ3) is 2.11. The predicted molar refractivity (Wildman–Crippen MR) is 65.3 cm³/mol. The maximum Gasteiger partial charge on any atom is 0.253 e. The third-order valence-corrected chi connectivity index (χ3v) is 3.40. The van der Waals surface area contributed by atoms with Crippen LogP contribution >= 0.6 is 0 Å². The highest BCUT2D eigenvalue weighted by atomic mass is 19.2. The molecule has 0 bridgehead atoms. The number of fused-ring (bicyclic) bond motifs is 1. The Labute approximate surface area is 112 Å². The second kappa shape index (κ2) is 4.77. The molecule has 0 saturated heterocycles. The van der Waals surface area contributed by atoms with Gasteiger partial charge in [-0.25, -0.2) is 0 Å². The zero-order valence-corrected chi connectivity index (χ0v) is 10.3. The van der Waals surface area contributed by atoms with Crippen LogP contribution in [0, 0.1) is 23.5 Å². The largest absolute Gasteiger partial charge is 0.377 e. The van der Waals surface area contributed by atoms with Crippen molar-refractivity contribution >= 4 is 5.69 Å². The van der Waals surface area contributed by atoms with Gasteiger partial charge in [-0.3, -0.25) is 0 Å². The number of hydrogen-bond donors (Lipinski definition) is 1. The fraction of sp³-hybridized carbons (Fsp3) is 0.214. The van der Waals surface area contributed by atoms with Gasteiger partial charge in [-0.15, -0.1) is 0 Å². The average molecular weight is 282 g/mol. The van der Waals surface area contributed by atoms with E-state index in [1.54, 1.807) is 0 Å². The van der Waals surface area contributed by atoms with Crippen molar-refractivity contribution in [3.63, 3.8) is 0 Å². The summed E-state index contributed by atoms with van der Waals surface area (Å²) in [5.41, 5.74) is 1.31. The van der Waals surface area contributed by atoms with Crippen molar-refractivity contribution in [2.75, 3.05) is 5.32 Å². The fourth-order valence-electron chi connectivity index (χ4n) is 2.48. The SMILES string of the molecule is Fc1nc(F)c(F)c(NC2Cc3ccccc3C2)c1F. The van der Waals surface area contributed by atoms with Gasteiger partial charge in [-0.1, -0.05) is 24.3 Å². The lowest BCUT2D eigenvalue weighted by Crippen LogP contribution is -2.22. The molecule has 0 unspecified atom stereocenters.